The van der Waals surface area contributed by atoms with E-state index in [0.29, 0.717) is 6.54 Å². The first-order chi connectivity index (χ1) is 9.68. The molecule has 126 valence electrons. The van der Waals surface area contributed by atoms with Gasteiger partial charge < -0.3 is 10.6 Å². The van der Waals surface area contributed by atoms with Crippen LogP contribution in [0.2, 0.25) is 0 Å². The van der Waals surface area contributed by atoms with Gasteiger partial charge in [-0.25, -0.2) is 4.98 Å². The van der Waals surface area contributed by atoms with Crippen LogP contribution < -0.4 is 10.6 Å². The fourth-order valence-electron chi connectivity index (χ4n) is 2.97. The number of carbonyl (C=O) groups excluding carboxylic acids is 1. The van der Waals surface area contributed by atoms with Crippen LogP contribution in [0.4, 0.5) is 0 Å². The molecular formula is C15H25Cl2N3OS. The summed E-state index contributed by atoms with van der Waals surface area (Å²) < 4.78 is 0. The highest BCUT2D eigenvalue weighted by molar-refractivity contribution is 7.09. The third-order valence-corrected chi connectivity index (χ3v) is 5.44. The number of nitrogens with one attached hydrogen (secondary N) is 2. The number of hydrogen-bond acceptors (Lipinski definition) is 4. The summed E-state index contributed by atoms with van der Waals surface area (Å²) in [6, 6.07) is 0. The maximum atomic E-state index is 12.2. The number of carbonyl (C=O) groups is 1. The fourth-order valence-corrected chi connectivity index (χ4v) is 3.98. The molecule has 0 atom stereocenters. The second-order valence-electron chi connectivity index (χ2n) is 6.21. The zero-order valence-corrected chi connectivity index (χ0v) is 15.3. The molecule has 2 fully saturated rings. The van der Waals surface area contributed by atoms with E-state index >= 15 is 0 Å². The van der Waals surface area contributed by atoms with E-state index in [1.807, 2.05) is 6.92 Å². The van der Waals surface area contributed by atoms with Crippen molar-refractivity contribution in [2.45, 2.75) is 51.0 Å². The van der Waals surface area contributed by atoms with Gasteiger partial charge in [-0.2, -0.15) is 0 Å². The zero-order valence-electron chi connectivity index (χ0n) is 12.9. The lowest BCUT2D eigenvalue weighted by atomic mass is 9.98. The minimum Gasteiger partial charge on any atom is -0.343 e. The van der Waals surface area contributed by atoms with Crippen LogP contribution in [0.15, 0.2) is 5.38 Å². The van der Waals surface area contributed by atoms with Crippen LogP contribution in [0, 0.1) is 12.8 Å². The predicted molar refractivity (Wildman–Crippen MR) is 95.2 cm³/mol. The normalized spacial score (nSPS) is 19.1. The van der Waals surface area contributed by atoms with Crippen LogP contribution in [0.1, 0.15) is 49.2 Å². The summed E-state index contributed by atoms with van der Waals surface area (Å²) in [6.07, 6.45) is 7.03. The molecule has 0 bridgehead atoms. The van der Waals surface area contributed by atoms with Crippen molar-refractivity contribution < 1.29 is 4.79 Å². The molecule has 0 radical (unpaired) electrons. The monoisotopic (exact) mass is 365 g/mol. The number of aromatic nitrogens is 1. The van der Waals surface area contributed by atoms with Gasteiger partial charge in [0, 0.05) is 11.1 Å². The standard InChI is InChI=1S/C15H23N3OS.2ClH/c1-11-10-20-14(17-11)15(6-2-3-7-15)18-13(19)9-16-8-12-4-5-12;;/h10,12,16H,2-9H2,1H3,(H,18,19);2*1H. The topological polar surface area (TPSA) is 54.0 Å². The third-order valence-electron chi connectivity index (χ3n) is 4.28. The van der Waals surface area contributed by atoms with Gasteiger partial charge in [0.25, 0.3) is 0 Å². The highest BCUT2D eigenvalue weighted by Gasteiger charge is 2.39. The molecule has 7 heteroatoms. The first kappa shape index (κ1) is 19.7. The van der Waals surface area contributed by atoms with Crippen molar-refractivity contribution in [1.29, 1.82) is 0 Å². The molecule has 0 aromatic carbocycles. The predicted octanol–water partition coefficient (Wildman–Crippen LogP) is 3.18. The number of rotatable bonds is 6. The maximum absolute atomic E-state index is 12.2. The van der Waals surface area contributed by atoms with Gasteiger partial charge in [-0.05, 0) is 45.1 Å². The van der Waals surface area contributed by atoms with Gasteiger partial charge in [0.2, 0.25) is 5.91 Å². The van der Waals surface area contributed by atoms with Gasteiger partial charge in [-0.1, -0.05) is 12.8 Å². The van der Waals surface area contributed by atoms with Crippen LogP contribution in [0.3, 0.4) is 0 Å². The summed E-state index contributed by atoms with van der Waals surface area (Å²) in [7, 11) is 0. The number of thiazole rings is 1. The van der Waals surface area contributed by atoms with Crippen LogP contribution in [0.5, 0.6) is 0 Å². The summed E-state index contributed by atoms with van der Waals surface area (Å²) in [6.45, 7) is 3.43. The third kappa shape index (κ3) is 4.82. The zero-order chi connectivity index (χ0) is 14.0. The Bertz CT molecular complexity index is 485. The van der Waals surface area contributed by atoms with E-state index in [9.17, 15) is 4.79 Å². The number of hydrogen-bond donors (Lipinski definition) is 2. The summed E-state index contributed by atoms with van der Waals surface area (Å²) >= 11 is 1.68. The van der Waals surface area contributed by atoms with Gasteiger partial charge in [-0.3, -0.25) is 4.79 Å². The largest absolute Gasteiger partial charge is 0.343 e. The molecule has 0 aliphatic heterocycles. The molecule has 3 rings (SSSR count). The smallest absolute Gasteiger partial charge is 0.234 e. The molecule has 22 heavy (non-hydrogen) atoms. The Morgan fingerprint density at radius 1 is 1.36 bits per heavy atom. The quantitative estimate of drug-likeness (QED) is 0.813. The molecule has 0 spiro atoms. The van der Waals surface area contributed by atoms with Crippen molar-refractivity contribution in [2.75, 3.05) is 13.1 Å². The van der Waals surface area contributed by atoms with Gasteiger partial charge in [0.05, 0.1) is 12.1 Å². The molecule has 2 aliphatic rings. The Morgan fingerprint density at radius 2 is 2.05 bits per heavy atom. The van der Waals surface area contributed by atoms with E-state index in [4.69, 9.17) is 0 Å². The van der Waals surface area contributed by atoms with E-state index in [2.05, 4.69) is 21.0 Å². The first-order valence-corrected chi connectivity index (χ1v) is 8.50. The lowest BCUT2D eigenvalue weighted by Crippen LogP contribution is -2.47. The minimum absolute atomic E-state index is 0. The van der Waals surface area contributed by atoms with Crippen LogP contribution >= 0.6 is 36.2 Å². The number of aryl methyl sites for hydroxylation is 1. The summed E-state index contributed by atoms with van der Waals surface area (Å²) in [4.78, 5) is 16.8. The average Bonchev–Trinajstić information content (AvgIpc) is 2.93. The van der Waals surface area contributed by atoms with Gasteiger partial charge in [-0.15, -0.1) is 36.2 Å². The molecule has 1 aromatic heterocycles. The first-order valence-electron chi connectivity index (χ1n) is 7.62. The lowest BCUT2D eigenvalue weighted by Gasteiger charge is -2.28. The molecule has 4 nitrogen and oxygen atoms in total. The maximum Gasteiger partial charge on any atom is 0.234 e. The Hall–Kier alpha value is -0.360. The second kappa shape index (κ2) is 8.48. The van der Waals surface area contributed by atoms with Crippen LogP contribution in [-0.2, 0) is 10.3 Å². The summed E-state index contributed by atoms with van der Waals surface area (Å²) in [5.41, 5.74) is 0.856. The molecular weight excluding hydrogens is 341 g/mol. The van der Waals surface area contributed by atoms with E-state index in [1.54, 1.807) is 11.3 Å². The Kier molecular flexibility index (Phi) is 7.59. The highest BCUT2D eigenvalue weighted by Crippen LogP contribution is 2.40. The van der Waals surface area contributed by atoms with Gasteiger partial charge in [0.15, 0.2) is 0 Å². The second-order valence-corrected chi connectivity index (χ2v) is 7.06. The van der Waals surface area contributed by atoms with Gasteiger partial charge in [0.1, 0.15) is 5.01 Å². The molecule has 2 aliphatic carbocycles. The molecule has 0 saturated heterocycles. The summed E-state index contributed by atoms with van der Waals surface area (Å²) in [5, 5.41) is 9.69. The number of nitrogens with zero attached hydrogens (tertiary/aromatic N) is 1. The van der Waals surface area contributed by atoms with Crippen molar-refractivity contribution in [3.8, 4) is 0 Å². The van der Waals surface area contributed by atoms with Crippen molar-refractivity contribution in [2.24, 2.45) is 5.92 Å². The summed E-state index contributed by atoms with van der Waals surface area (Å²) in [5.74, 6) is 0.922. The average molecular weight is 366 g/mol. The van der Waals surface area contributed by atoms with Crippen LogP contribution in [-0.4, -0.2) is 24.0 Å². The van der Waals surface area contributed by atoms with E-state index in [1.165, 1.54) is 25.7 Å². The van der Waals surface area contributed by atoms with Gasteiger partial charge >= 0.3 is 0 Å². The fraction of sp³-hybridized carbons (Fsp3) is 0.733. The molecule has 2 N–H and O–H groups in total. The molecule has 2 saturated carbocycles. The van der Waals surface area contributed by atoms with Crippen molar-refractivity contribution >= 4 is 42.1 Å². The molecule has 1 aromatic rings. The Morgan fingerprint density at radius 3 is 2.59 bits per heavy atom. The highest BCUT2D eigenvalue weighted by atomic mass is 35.5. The molecule has 1 amide bonds. The number of amides is 1. The SMILES string of the molecule is Cc1csc(C2(NC(=O)CNCC3CC3)CCCC2)n1.Cl.Cl. The molecule has 0 unspecified atom stereocenters. The van der Waals surface area contributed by atoms with E-state index in [-0.39, 0.29) is 36.3 Å². The molecule has 1 heterocycles. The number of halogens is 2. The van der Waals surface area contributed by atoms with E-state index < -0.39 is 0 Å². The van der Waals surface area contributed by atoms with E-state index in [0.717, 1.165) is 36.0 Å². The van der Waals surface area contributed by atoms with Crippen molar-refractivity contribution in [1.82, 2.24) is 15.6 Å². The van der Waals surface area contributed by atoms with Crippen molar-refractivity contribution in [3.63, 3.8) is 0 Å². The van der Waals surface area contributed by atoms with Crippen LogP contribution in [0.25, 0.3) is 0 Å². The Labute approximate surface area is 148 Å². The lowest BCUT2D eigenvalue weighted by molar-refractivity contribution is -0.122. The Balaban J connectivity index is 0.00000121. The minimum atomic E-state index is -0.197. The van der Waals surface area contributed by atoms with Crippen molar-refractivity contribution in [3.05, 3.63) is 16.1 Å².